The standard InChI is InChI=1S/C17H20ClFN2/c1-3-12-7-6-10-21-17(12)16(20-4-2)11-13-14(18)8-5-9-15(13)19/h5-10,16,20H,3-4,11H2,1-2H3. The van der Waals surface area contributed by atoms with Crippen LogP contribution in [0, 0.1) is 5.82 Å². The third kappa shape index (κ3) is 3.80. The van der Waals surface area contributed by atoms with Crippen LogP contribution in [-0.4, -0.2) is 11.5 Å². The molecule has 1 N–H and O–H groups in total. The van der Waals surface area contributed by atoms with Crippen LogP contribution in [0.3, 0.4) is 0 Å². The Balaban J connectivity index is 2.35. The zero-order chi connectivity index (χ0) is 15.2. The molecule has 112 valence electrons. The highest BCUT2D eigenvalue weighted by molar-refractivity contribution is 6.31. The Morgan fingerprint density at radius 3 is 2.71 bits per heavy atom. The van der Waals surface area contributed by atoms with Crippen molar-refractivity contribution in [3.8, 4) is 0 Å². The molecule has 2 rings (SSSR count). The van der Waals surface area contributed by atoms with Gasteiger partial charge < -0.3 is 5.32 Å². The molecule has 0 saturated carbocycles. The minimum atomic E-state index is -0.264. The summed E-state index contributed by atoms with van der Waals surface area (Å²) >= 11 is 6.15. The Morgan fingerprint density at radius 2 is 2.05 bits per heavy atom. The number of aromatic nitrogens is 1. The van der Waals surface area contributed by atoms with E-state index in [1.165, 1.54) is 11.6 Å². The second-order valence-electron chi connectivity index (χ2n) is 4.92. The smallest absolute Gasteiger partial charge is 0.127 e. The average molecular weight is 307 g/mol. The molecule has 0 aliphatic carbocycles. The van der Waals surface area contributed by atoms with Gasteiger partial charge in [0.2, 0.25) is 0 Å². The van der Waals surface area contributed by atoms with Crippen molar-refractivity contribution in [1.29, 1.82) is 0 Å². The van der Waals surface area contributed by atoms with E-state index in [4.69, 9.17) is 11.6 Å². The number of aryl methyl sites for hydroxylation is 1. The van der Waals surface area contributed by atoms with Crippen LogP contribution >= 0.6 is 11.6 Å². The maximum absolute atomic E-state index is 14.0. The summed E-state index contributed by atoms with van der Waals surface area (Å²) in [6.45, 7) is 4.92. The van der Waals surface area contributed by atoms with Crippen LogP contribution in [0.25, 0.3) is 0 Å². The number of pyridine rings is 1. The van der Waals surface area contributed by atoms with Crippen molar-refractivity contribution in [1.82, 2.24) is 10.3 Å². The van der Waals surface area contributed by atoms with Crippen LogP contribution in [0.2, 0.25) is 5.02 Å². The van der Waals surface area contributed by atoms with Gasteiger partial charge in [-0.05, 0) is 43.1 Å². The number of nitrogens with zero attached hydrogens (tertiary/aromatic N) is 1. The molecule has 1 aromatic carbocycles. The highest BCUT2D eigenvalue weighted by Gasteiger charge is 2.19. The van der Waals surface area contributed by atoms with Gasteiger partial charge in [-0.1, -0.05) is 37.6 Å². The first-order valence-electron chi connectivity index (χ1n) is 7.27. The van der Waals surface area contributed by atoms with Crippen LogP contribution in [0.4, 0.5) is 4.39 Å². The second-order valence-corrected chi connectivity index (χ2v) is 5.32. The summed E-state index contributed by atoms with van der Waals surface area (Å²) in [6, 6.07) is 8.75. The van der Waals surface area contributed by atoms with Crippen LogP contribution < -0.4 is 5.32 Å². The average Bonchev–Trinajstić information content (AvgIpc) is 2.50. The minimum Gasteiger partial charge on any atom is -0.309 e. The molecule has 1 atom stereocenters. The lowest BCUT2D eigenvalue weighted by Crippen LogP contribution is -2.25. The highest BCUT2D eigenvalue weighted by atomic mass is 35.5. The normalized spacial score (nSPS) is 12.4. The highest BCUT2D eigenvalue weighted by Crippen LogP contribution is 2.26. The van der Waals surface area contributed by atoms with E-state index < -0.39 is 0 Å². The van der Waals surface area contributed by atoms with E-state index in [9.17, 15) is 4.39 Å². The molecule has 0 amide bonds. The first kappa shape index (κ1) is 15.9. The van der Waals surface area contributed by atoms with Crippen molar-refractivity contribution in [2.24, 2.45) is 0 Å². The van der Waals surface area contributed by atoms with Gasteiger partial charge in [0.15, 0.2) is 0 Å². The number of nitrogens with one attached hydrogen (secondary N) is 1. The van der Waals surface area contributed by atoms with Gasteiger partial charge in [0.1, 0.15) is 5.82 Å². The summed E-state index contributed by atoms with van der Waals surface area (Å²) < 4.78 is 14.0. The number of rotatable bonds is 6. The lowest BCUT2D eigenvalue weighted by Gasteiger charge is -2.21. The van der Waals surface area contributed by atoms with Crippen LogP contribution in [0.15, 0.2) is 36.5 Å². The van der Waals surface area contributed by atoms with Crippen molar-refractivity contribution in [2.75, 3.05) is 6.54 Å². The minimum absolute atomic E-state index is 0.0412. The molecule has 2 aromatic rings. The molecule has 21 heavy (non-hydrogen) atoms. The number of likely N-dealkylation sites (N-methyl/N-ethyl adjacent to an activating group) is 1. The summed E-state index contributed by atoms with van der Waals surface area (Å²) in [5.74, 6) is -0.264. The van der Waals surface area contributed by atoms with Crippen molar-refractivity contribution in [3.63, 3.8) is 0 Å². The number of hydrogen-bond acceptors (Lipinski definition) is 2. The first-order valence-corrected chi connectivity index (χ1v) is 7.65. The predicted octanol–water partition coefficient (Wildman–Crippen LogP) is 4.33. The number of halogens is 2. The Bertz CT molecular complexity index is 581. The largest absolute Gasteiger partial charge is 0.309 e. The lowest BCUT2D eigenvalue weighted by molar-refractivity contribution is 0.514. The quantitative estimate of drug-likeness (QED) is 0.859. The van der Waals surface area contributed by atoms with Gasteiger partial charge in [0.25, 0.3) is 0 Å². The Labute approximate surface area is 130 Å². The van der Waals surface area contributed by atoms with Gasteiger partial charge in [0, 0.05) is 16.8 Å². The summed E-state index contributed by atoms with van der Waals surface area (Å²) in [7, 11) is 0. The van der Waals surface area contributed by atoms with Gasteiger partial charge in [0.05, 0.1) is 11.7 Å². The van der Waals surface area contributed by atoms with E-state index in [0.29, 0.717) is 17.0 Å². The van der Waals surface area contributed by atoms with E-state index in [1.54, 1.807) is 18.3 Å². The molecule has 1 aromatic heterocycles. The molecule has 0 aliphatic rings. The van der Waals surface area contributed by atoms with E-state index in [1.807, 2.05) is 13.0 Å². The van der Waals surface area contributed by atoms with E-state index >= 15 is 0 Å². The Morgan fingerprint density at radius 1 is 1.24 bits per heavy atom. The maximum atomic E-state index is 14.0. The van der Waals surface area contributed by atoms with Gasteiger partial charge in [-0.15, -0.1) is 0 Å². The van der Waals surface area contributed by atoms with Gasteiger partial charge in [-0.3, -0.25) is 4.98 Å². The molecule has 2 nitrogen and oxygen atoms in total. The molecule has 1 heterocycles. The van der Waals surface area contributed by atoms with Gasteiger partial charge >= 0.3 is 0 Å². The molecular formula is C17H20ClFN2. The van der Waals surface area contributed by atoms with Gasteiger partial charge in [-0.25, -0.2) is 4.39 Å². The first-order chi connectivity index (χ1) is 10.2. The monoisotopic (exact) mass is 306 g/mol. The Kier molecular flexibility index (Phi) is 5.71. The molecule has 0 spiro atoms. The van der Waals surface area contributed by atoms with E-state index in [-0.39, 0.29) is 11.9 Å². The SMILES string of the molecule is CCNC(Cc1c(F)cccc1Cl)c1ncccc1CC. The molecule has 0 bridgehead atoms. The maximum Gasteiger partial charge on any atom is 0.127 e. The summed E-state index contributed by atoms with van der Waals surface area (Å²) in [6.07, 6.45) is 3.17. The van der Waals surface area contributed by atoms with Crippen molar-refractivity contribution >= 4 is 11.6 Å². The third-order valence-electron chi connectivity index (χ3n) is 3.56. The molecular weight excluding hydrogens is 287 g/mol. The molecule has 0 radical (unpaired) electrons. The summed E-state index contributed by atoms with van der Waals surface area (Å²) in [4.78, 5) is 4.50. The molecule has 1 unspecified atom stereocenters. The fourth-order valence-corrected chi connectivity index (χ4v) is 2.75. The fraction of sp³-hybridized carbons (Fsp3) is 0.353. The fourth-order valence-electron chi connectivity index (χ4n) is 2.51. The number of hydrogen-bond donors (Lipinski definition) is 1. The zero-order valence-corrected chi connectivity index (χ0v) is 13.1. The van der Waals surface area contributed by atoms with E-state index in [2.05, 4.69) is 23.3 Å². The van der Waals surface area contributed by atoms with Crippen molar-refractivity contribution < 1.29 is 4.39 Å². The van der Waals surface area contributed by atoms with E-state index in [0.717, 1.165) is 18.7 Å². The topological polar surface area (TPSA) is 24.9 Å². The van der Waals surface area contributed by atoms with Crippen molar-refractivity contribution in [3.05, 3.63) is 64.2 Å². The predicted molar refractivity (Wildman–Crippen MR) is 85.1 cm³/mol. The van der Waals surface area contributed by atoms with Crippen molar-refractivity contribution in [2.45, 2.75) is 32.7 Å². The summed E-state index contributed by atoms with van der Waals surface area (Å²) in [5, 5.41) is 3.85. The molecule has 0 aliphatic heterocycles. The van der Waals surface area contributed by atoms with Crippen LogP contribution in [0.1, 0.15) is 36.7 Å². The zero-order valence-electron chi connectivity index (χ0n) is 12.4. The molecule has 0 saturated heterocycles. The van der Waals surface area contributed by atoms with Gasteiger partial charge in [-0.2, -0.15) is 0 Å². The summed E-state index contributed by atoms with van der Waals surface area (Å²) in [5.41, 5.74) is 2.69. The van der Waals surface area contributed by atoms with Crippen LogP contribution in [-0.2, 0) is 12.8 Å². The lowest BCUT2D eigenvalue weighted by atomic mass is 9.98. The number of benzene rings is 1. The van der Waals surface area contributed by atoms with Crippen LogP contribution in [0.5, 0.6) is 0 Å². The Hall–Kier alpha value is -1.45. The second kappa shape index (κ2) is 7.53. The molecule has 4 heteroatoms. The molecule has 0 fully saturated rings. The third-order valence-corrected chi connectivity index (χ3v) is 3.91.